The van der Waals surface area contributed by atoms with Gasteiger partial charge in [0.25, 0.3) is 0 Å². The van der Waals surface area contributed by atoms with E-state index in [1.807, 2.05) is 20.8 Å². The van der Waals surface area contributed by atoms with Gasteiger partial charge in [0.05, 0.1) is 25.0 Å². The van der Waals surface area contributed by atoms with Crippen molar-refractivity contribution in [2.45, 2.75) is 20.8 Å². The molecule has 8 heteroatoms. The number of allylic oxidation sites excluding steroid dienone is 1. The van der Waals surface area contributed by atoms with Gasteiger partial charge in [-0.1, -0.05) is 32.5 Å². The minimum atomic E-state index is -0.549. The largest absolute Gasteiger partial charge is 0.493 e. The van der Waals surface area contributed by atoms with E-state index in [-0.39, 0.29) is 29.9 Å². The SMILES string of the molecule is COc1ccc(NC(=O)CN2C(=O)CS/C2=C\C(=O)C(C)(C)C)cc1OC. The van der Waals surface area contributed by atoms with Gasteiger partial charge >= 0.3 is 0 Å². The minimum absolute atomic E-state index is 0.0926. The molecule has 0 spiro atoms. The Hall–Kier alpha value is -2.48. The highest BCUT2D eigenvalue weighted by Crippen LogP contribution is 2.31. The van der Waals surface area contributed by atoms with Crippen LogP contribution >= 0.6 is 11.8 Å². The summed E-state index contributed by atoms with van der Waals surface area (Å²) in [7, 11) is 3.03. The molecular weight excluding hydrogens is 368 g/mol. The van der Waals surface area contributed by atoms with Crippen molar-refractivity contribution in [1.82, 2.24) is 4.90 Å². The minimum Gasteiger partial charge on any atom is -0.493 e. The van der Waals surface area contributed by atoms with E-state index in [9.17, 15) is 14.4 Å². The second kappa shape index (κ2) is 8.47. The van der Waals surface area contributed by atoms with E-state index < -0.39 is 5.41 Å². The van der Waals surface area contributed by atoms with Gasteiger partial charge in [0.15, 0.2) is 17.3 Å². The van der Waals surface area contributed by atoms with Gasteiger partial charge in [0.2, 0.25) is 11.8 Å². The van der Waals surface area contributed by atoms with Gasteiger partial charge in [0, 0.05) is 23.2 Å². The van der Waals surface area contributed by atoms with Crippen LogP contribution in [0.25, 0.3) is 0 Å². The Morgan fingerprint density at radius 1 is 1.22 bits per heavy atom. The molecule has 1 heterocycles. The van der Waals surface area contributed by atoms with Crippen LogP contribution in [0.15, 0.2) is 29.3 Å². The highest BCUT2D eigenvalue weighted by Gasteiger charge is 2.30. The summed E-state index contributed by atoms with van der Waals surface area (Å²) in [5, 5.41) is 3.23. The summed E-state index contributed by atoms with van der Waals surface area (Å²) in [6, 6.07) is 5.00. The third-order valence-corrected chi connectivity index (χ3v) is 4.90. The maximum atomic E-state index is 12.4. The molecule has 146 valence electrons. The van der Waals surface area contributed by atoms with Crippen LogP contribution in [0.5, 0.6) is 11.5 Å². The number of methoxy groups -OCH3 is 2. The lowest BCUT2D eigenvalue weighted by atomic mass is 9.91. The van der Waals surface area contributed by atoms with E-state index in [0.29, 0.717) is 22.2 Å². The first kappa shape index (κ1) is 20.8. The molecule has 2 rings (SSSR count). The van der Waals surface area contributed by atoms with E-state index in [1.165, 1.54) is 37.0 Å². The number of nitrogens with one attached hydrogen (secondary N) is 1. The maximum Gasteiger partial charge on any atom is 0.244 e. The van der Waals surface area contributed by atoms with Crippen LogP contribution in [0.1, 0.15) is 20.8 Å². The van der Waals surface area contributed by atoms with Gasteiger partial charge < -0.3 is 14.8 Å². The lowest BCUT2D eigenvalue weighted by Gasteiger charge is -2.19. The van der Waals surface area contributed by atoms with Crippen molar-refractivity contribution in [3.8, 4) is 11.5 Å². The number of carbonyl (C=O) groups is 3. The molecule has 1 aromatic rings. The number of nitrogens with zero attached hydrogens (tertiary/aromatic N) is 1. The summed E-state index contributed by atoms with van der Waals surface area (Å²) in [5.41, 5.74) is -0.0273. The van der Waals surface area contributed by atoms with Crippen LogP contribution in [0.3, 0.4) is 0 Å². The number of hydrogen-bond donors (Lipinski definition) is 1. The lowest BCUT2D eigenvalue weighted by Crippen LogP contribution is -2.34. The van der Waals surface area contributed by atoms with Crippen LogP contribution in [0.4, 0.5) is 5.69 Å². The molecule has 7 nitrogen and oxygen atoms in total. The summed E-state index contributed by atoms with van der Waals surface area (Å²) in [4.78, 5) is 38.1. The van der Waals surface area contributed by atoms with Crippen molar-refractivity contribution in [2.24, 2.45) is 5.41 Å². The number of thioether (sulfide) groups is 1. The zero-order valence-electron chi connectivity index (χ0n) is 16.1. The number of ketones is 1. The zero-order valence-corrected chi connectivity index (χ0v) is 16.9. The number of hydrogen-bond acceptors (Lipinski definition) is 6. The Morgan fingerprint density at radius 3 is 2.48 bits per heavy atom. The molecule has 2 amide bonds. The molecule has 0 atom stereocenters. The topological polar surface area (TPSA) is 84.9 Å². The first-order valence-electron chi connectivity index (χ1n) is 8.37. The normalized spacial score (nSPS) is 15.8. The highest BCUT2D eigenvalue weighted by molar-refractivity contribution is 8.04. The van der Waals surface area contributed by atoms with E-state index in [2.05, 4.69) is 5.32 Å². The van der Waals surface area contributed by atoms with E-state index in [1.54, 1.807) is 18.2 Å². The van der Waals surface area contributed by atoms with Crippen LogP contribution < -0.4 is 14.8 Å². The monoisotopic (exact) mass is 392 g/mol. The van der Waals surface area contributed by atoms with Crippen molar-refractivity contribution >= 4 is 35.0 Å². The molecule has 0 saturated carbocycles. The average Bonchev–Trinajstić information content (AvgIpc) is 2.94. The Bertz CT molecular complexity index is 783. The summed E-state index contributed by atoms with van der Waals surface area (Å²) >= 11 is 1.26. The molecule has 0 aliphatic carbocycles. The predicted molar refractivity (Wildman–Crippen MR) is 105 cm³/mol. The molecule has 27 heavy (non-hydrogen) atoms. The first-order valence-corrected chi connectivity index (χ1v) is 9.35. The standard InChI is InChI=1S/C19H24N2O5S/c1-19(2,3)15(22)9-18-21(17(24)11-27-18)10-16(23)20-12-6-7-13(25-4)14(8-12)26-5/h6-9H,10-11H2,1-5H3,(H,20,23)/b18-9-. The molecule has 0 bridgehead atoms. The summed E-state index contributed by atoms with van der Waals surface area (Å²) in [5.74, 6) is 0.590. The first-order chi connectivity index (χ1) is 12.7. The van der Waals surface area contributed by atoms with Crippen molar-refractivity contribution in [3.63, 3.8) is 0 Å². The molecule has 1 fully saturated rings. The smallest absolute Gasteiger partial charge is 0.244 e. The van der Waals surface area contributed by atoms with E-state index in [0.717, 1.165) is 0 Å². The number of rotatable bonds is 6. The van der Waals surface area contributed by atoms with Gasteiger partial charge in [-0.05, 0) is 12.1 Å². The van der Waals surface area contributed by atoms with Gasteiger partial charge in [-0.3, -0.25) is 19.3 Å². The van der Waals surface area contributed by atoms with Crippen molar-refractivity contribution in [3.05, 3.63) is 29.3 Å². The van der Waals surface area contributed by atoms with E-state index >= 15 is 0 Å². The van der Waals surface area contributed by atoms with E-state index in [4.69, 9.17) is 9.47 Å². The molecule has 1 aliphatic heterocycles. The Balaban J connectivity index is 2.10. The van der Waals surface area contributed by atoms with Crippen molar-refractivity contribution in [2.75, 3.05) is 31.8 Å². The molecule has 1 aromatic carbocycles. The van der Waals surface area contributed by atoms with Crippen molar-refractivity contribution < 1.29 is 23.9 Å². The second-order valence-corrected chi connectivity index (χ2v) is 7.98. The Labute approximate surface area is 163 Å². The molecule has 1 saturated heterocycles. The highest BCUT2D eigenvalue weighted by atomic mass is 32.2. The third kappa shape index (κ3) is 5.26. The fourth-order valence-corrected chi connectivity index (χ4v) is 3.23. The van der Waals surface area contributed by atoms with Gasteiger partial charge in [-0.15, -0.1) is 0 Å². The average molecular weight is 392 g/mol. The zero-order chi connectivity index (χ0) is 20.2. The molecule has 1 aliphatic rings. The van der Waals surface area contributed by atoms with Gasteiger partial charge in [0.1, 0.15) is 6.54 Å². The quantitative estimate of drug-likeness (QED) is 0.749. The lowest BCUT2D eigenvalue weighted by molar-refractivity contribution is -0.129. The van der Waals surface area contributed by atoms with Crippen LogP contribution in [-0.4, -0.2) is 49.0 Å². The second-order valence-electron chi connectivity index (χ2n) is 6.98. The molecule has 0 aromatic heterocycles. The number of amides is 2. The Kier molecular flexibility index (Phi) is 6.54. The molecule has 0 radical (unpaired) electrons. The van der Waals surface area contributed by atoms with Crippen LogP contribution in [-0.2, 0) is 14.4 Å². The van der Waals surface area contributed by atoms with Gasteiger partial charge in [-0.25, -0.2) is 0 Å². The predicted octanol–water partition coefficient (Wildman–Crippen LogP) is 2.67. The molecular formula is C19H24N2O5S. The fourth-order valence-electron chi connectivity index (χ4n) is 2.29. The molecule has 1 N–H and O–H groups in total. The Morgan fingerprint density at radius 2 is 1.89 bits per heavy atom. The van der Waals surface area contributed by atoms with Crippen LogP contribution in [0.2, 0.25) is 0 Å². The summed E-state index contributed by atoms with van der Waals surface area (Å²) in [6.45, 7) is 5.26. The summed E-state index contributed by atoms with van der Waals surface area (Å²) in [6.07, 6.45) is 1.44. The van der Waals surface area contributed by atoms with Gasteiger partial charge in [-0.2, -0.15) is 0 Å². The summed E-state index contributed by atoms with van der Waals surface area (Å²) < 4.78 is 10.4. The third-order valence-electron chi connectivity index (χ3n) is 3.87. The van der Waals surface area contributed by atoms with Crippen molar-refractivity contribution in [1.29, 1.82) is 0 Å². The van der Waals surface area contributed by atoms with Crippen LogP contribution in [0, 0.1) is 5.41 Å². The molecule has 0 unspecified atom stereocenters. The number of benzene rings is 1. The number of anilines is 1. The number of carbonyl (C=O) groups excluding carboxylic acids is 3. The number of ether oxygens (including phenoxy) is 2. The maximum absolute atomic E-state index is 12.4. The fraction of sp³-hybridized carbons (Fsp3) is 0.421.